The molecule has 2 rings (SSSR count). The molecule has 3 nitrogen and oxygen atoms in total. The fraction of sp³-hybridized carbons (Fsp3) is 0.429. The van der Waals surface area contributed by atoms with Gasteiger partial charge in [-0.2, -0.15) is 0 Å². The van der Waals surface area contributed by atoms with E-state index in [1.807, 2.05) is 39.0 Å². The van der Waals surface area contributed by atoms with E-state index in [-0.39, 0.29) is 23.1 Å². The van der Waals surface area contributed by atoms with E-state index < -0.39 is 0 Å². The molecule has 0 radical (unpaired) electrons. The van der Waals surface area contributed by atoms with Gasteiger partial charge in [0, 0.05) is 6.42 Å². The van der Waals surface area contributed by atoms with E-state index in [1.165, 1.54) is 4.90 Å². The maximum Gasteiger partial charge on any atom is 0.237 e. The SMILES string of the molecule is CC(C)(C)C1CC(=O)N(c2ccccc2)C1=O. The summed E-state index contributed by atoms with van der Waals surface area (Å²) >= 11 is 0. The number of hydrogen-bond donors (Lipinski definition) is 0. The minimum atomic E-state index is -0.213. The predicted molar refractivity (Wildman–Crippen MR) is 66.5 cm³/mol. The summed E-state index contributed by atoms with van der Waals surface area (Å²) in [7, 11) is 0. The second-order valence-corrected chi connectivity index (χ2v) is 5.53. The van der Waals surface area contributed by atoms with Crippen LogP contribution in [0.15, 0.2) is 30.3 Å². The van der Waals surface area contributed by atoms with E-state index >= 15 is 0 Å². The van der Waals surface area contributed by atoms with E-state index in [0.717, 1.165) is 0 Å². The summed E-state index contributed by atoms with van der Waals surface area (Å²) < 4.78 is 0. The van der Waals surface area contributed by atoms with Crippen LogP contribution < -0.4 is 4.90 Å². The molecule has 0 bridgehead atoms. The molecule has 3 heteroatoms. The third-order valence-electron chi connectivity index (χ3n) is 3.21. The first-order valence-electron chi connectivity index (χ1n) is 5.83. The van der Waals surface area contributed by atoms with Crippen molar-refractivity contribution in [2.45, 2.75) is 27.2 Å². The molecule has 0 N–H and O–H groups in total. The molecule has 0 spiro atoms. The van der Waals surface area contributed by atoms with Gasteiger partial charge < -0.3 is 0 Å². The minimum Gasteiger partial charge on any atom is -0.274 e. The van der Waals surface area contributed by atoms with Gasteiger partial charge in [-0.1, -0.05) is 39.0 Å². The highest BCUT2D eigenvalue weighted by Gasteiger charge is 2.45. The number of nitrogens with zero attached hydrogens (tertiary/aromatic N) is 1. The Bertz CT molecular complexity index is 445. The second kappa shape index (κ2) is 3.99. The molecule has 1 aromatic carbocycles. The molecule has 1 atom stereocenters. The number of para-hydroxylation sites is 1. The second-order valence-electron chi connectivity index (χ2n) is 5.53. The van der Waals surface area contributed by atoms with Gasteiger partial charge in [0.05, 0.1) is 11.6 Å². The van der Waals surface area contributed by atoms with Crippen molar-refractivity contribution >= 4 is 17.5 Å². The number of benzene rings is 1. The normalized spacial score (nSPS) is 21.1. The summed E-state index contributed by atoms with van der Waals surface area (Å²) in [6, 6.07) is 9.12. The zero-order valence-electron chi connectivity index (χ0n) is 10.4. The molecule has 2 amide bonds. The lowest BCUT2D eigenvalue weighted by Crippen LogP contribution is -2.33. The Morgan fingerprint density at radius 2 is 1.71 bits per heavy atom. The topological polar surface area (TPSA) is 37.4 Å². The standard InChI is InChI=1S/C14H17NO2/c1-14(2,3)11-9-12(16)15(13(11)17)10-7-5-4-6-8-10/h4-8,11H,9H2,1-3H3. The number of carbonyl (C=O) groups excluding carboxylic acids is 2. The van der Waals surface area contributed by atoms with Crippen LogP contribution in [-0.4, -0.2) is 11.8 Å². The quantitative estimate of drug-likeness (QED) is 0.697. The summed E-state index contributed by atoms with van der Waals surface area (Å²) in [5, 5.41) is 0. The van der Waals surface area contributed by atoms with Gasteiger partial charge in [-0.3, -0.25) is 14.5 Å². The van der Waals surface area contributed by atoms with Crippen molar-refractivity contribution in [3.05, 3.63) is 30.3 Å². The molecule has 0 aliphatic carbocycles. The molecular formula is C14H17NO2. The molecule has 17 heavy (non-hydrogen) atoms. The lowest BCUT2D eigenvalue weighted by atomic mass is 9.80. The highest BCUT2D eigenvalue weighted by molar-refractivity contribution is 6.21. The number of rotatable bonds is 1. The molecule has 1 aliphatic heterocycles. The van der Waals surface area contributed by atoms with Gasteiger partial charge in [-0.15, -0.1) is 0 Å². The van der Waals surface area contributed by atoms with Gasteiger partial charge in [0.25, 0.3) is 0 Å². The Morgan fingerprint density at radius 3 is 2.18 bits per heavy atom. The van der Waals surface area contributed by atoms with Crippen LogP contribution >= 0.6 is 0 Å². The van der Waals surface area contributed by atoms with Gasteiger partial charge in [0.15, 0.2) is 0 Å². The van der Waals surface area contributed by atoms with Crippen LogP contribution in [0.5, 0.6) is 0 Å². The Hall–Kier alpha value is -1.64. The molecule has 1 aromatic rings. The van der Waals surface area contributed by atoms with E-state index in [9.17, 15) is 9.59 Å². The van der Waals surface area contributed by atoms with Crippen molar-refractivity contribution < 1.29 is 9.59 Å². The van der Waals surface area contributed by atoms with Crippen molar-refractivity contribution in [1.82, 2.24) is 0 Å². The van der Waals surface area contributed by atoms with Gasteiger partial charge in [0.1, 0.15) is 0 Å². The highest BCUT2D eigenvalue weighted by atomic mass is 16.2. The first kappa shape index (κ1) is 11.8. The van der Waals surface area contributed by atoms with E-state index in [0.29, 0.717) is 12.1 Å². The van der Waals surface area contributed by atoms with E-state index in [2.05, 4.69) is 0 Å². The molecule has 1 aliphatic rings. The monoisotopic (exact) mass is 231 g/mol. The van der Waals surface area contributed by atoms with Crippen molar-refractivity contribution in [3.63, 3.8) is 0 Å². The van der Waals surface area contributed by atoms with Crippen LogP contribution in [0.3, 0.4) is 0 Å². The Kier molecular flexibility index (Phi) is 2.77. The van der Waals surface area contributed by atoms with Gasteiger partial charge in [-0.25, -0.2) is 0 Å². The smallest absolute Gasteiger partial charge is 0.237 e. The maximum absolute atomic E-state index is 12.3. The Morgan fingerprint density at radius 1 is 1.12 bits per heavy atom. The fourth-order valence-electron chi connectivity index (χ4n) is 2.16. The van der Waals surface area contributed by atoms with Crippen LogP contribution in [0.2, 0.25) is 0 Å². The lowest BCUT2D eigenvalue weighted by Gasteiger charge is -2.24. The number of imide groups is 1. The number of carbonyl (C=O) groups is 2. The van der Waals surface area contributed by atoms with Crippen molar-refractivity contribution in [2.75, 3.05) is 4.90 Å². The molecule has 0 saturated carbocycles. The summed E-state index contributed by atoms with van der Waals surface area (Å²) in [6.45, 7) is 5.99. The summed E-state index contributed by atoms with van der Waals surface area (Å²) in [6.07, 6.45) is 0.317. The molecule has 1 fully saturated rings. The lowest BCUT2D eigenvalue weighted by molar-refractivity contribution is -0.123. The van der Waals surface area contributed by atoms with Gasteiger partial charge in [0.2, 0.25) is 11.8 Å². The largest absolute Gasteiger partial charge is 0.274 e. The number of hydrogen-bond acceptors (Lipinski definition) is 2. The maximum atomic E-state index is 12.3. The minimum absolute atomic E-state index is 0.0753. The molecule has 1 heterocycles. The zero-order valence-corrected chi connectivity index (χ0v) is 10.4. The number of anilines is 1. The predicted octanol–water partition coefficient (Wildman–Crippen LogP) is 2.61. The van der Waals surface area contributed by atoms with Crippen LogP contribution in [0.25, 0.3) is 0 Å². The van der Waals surface area contributed by atoms with Crippen LogP contribution in [0, 0.1) is 11.3 Å². The average molecular weight is 231 g/mol. The van der Waals surface area contributed by atoms with Crippen molar-refractivity contribution in [3.8, 4) is 0 Å². The first-order chi connectivity index (χ1) is 7.91. The molecule has 1 unspecified atom stereocenters. The van der Waals surface area contributed by atoms with Crippen molar-refractivity contribution in [2.24, 2.45) is 11.3 Å². The first-order valence-corrected chi connectivity index (χ1v) is 5.83. The Labute approximate surface area is 101 Å². The van der Waals surface area contributed by atoms with E-state index in [1.54, 1.807) is 12.1 Å². The highest BCUT2D eigenvalue weighted by Crippen LogP contribution is 2.37. The zero-order chi connectivity index (χ0) is 12.6. The summed E-state index contributed by atoms with van der Waals surface area (Å²) in [5.74, 6) is -0.384. The van der Waals surface area contributed by atoms with Gasteiger partial charge >= 0.3 is 0 Å². The summed E-state index contributed by atoms with van der Waals surface area (Å²) in [5.41, 5.74) is 0.505. The molecule has 0 aromatic heterocycles. The molecule has 90 valence electrons. The Balaban J connectivity index is 2.33. The van der Waals surface area contributed by atoms with Crippen LogP contribution in [0.1, 0.15) is 27.2 Å². The molecule has 1 saturated heterocycles. The van der Waals surface area contributed by atoms with E-state index in [4.69, 9.17) is 0 Å². The summed E-state index contributed by atoms with van der Waals surface area (Å²) in [4.78, 5) is 25.5. The van der Waals surface area contributed by atoms with Crippen LogP contribution in [-0.2, 0) is 9.59 Å². The fourth-order valence-corrected chi connectivity index (χ4v) is 2.16. The number of amides is 2. The van der Waals surface area contributed by atoms with Gasteiger partial charge in [-0.05, 0) is 17.5 Å². The third-order valence-corrected chi connectivity index (χ3v) is 3.21. The molecular weight excluding hydrogens is 214 g/mol. The van der Waals surface area contributed by atoms with Crippen LogP contribution in [0.4, 0.5) is 5.69 Å². The average Bonchev–Trinajstić information content (AvgIpc) is 2.55. The van der Waals surface area contributed by atoms with Crippen molar-refractivity contribution in [1.29, 1.82) is 0 Å². The third kappa shape index (κ3) is 2.09.